The molecule has 1 aliphatic rings. The number of aromatic nitrogens is 7. The first kappa shape index (κ1) is 21.6. The van der Waals surface area contributed by atoms with Gasteiger partial charge in [-0.25, -0.2) is 15.0 Å². The fraction of sp³-hybridized carbons (Fsp3) is 0.208. The van der Waals surface area contributed by atoms with Gasteiger partial charge >= 0.3 is 0 Å². The normalized spacial score (nSPS) is 13.9. The average molecular weight is 483 g/mol. The molecule has 0 unspecified atom stereocenters. The minimum absolute atomic E-state index is 0.215. The Balaban J connectivity index is 1.25. The van der Waals surface area contributed by atoms with Crippen molar-refractivity contribution < 1.29 is 14.3 Å². The van der Waals surface area contributed by atoms with E-state index in [0.717, 1.165) is 16.7 Å². The summed E-state index contributed by atoms with van der Waals surface area (Å²) in [4.78, 5) is 47.8. The van der Waals surface area contributed by atoms with Crippen molar-refractivity contribution in [1.29, 1.82) is 0 Å². The fourth-order valence-electron chi connectivity index (χ4n) is 4.54. The molecule has 0 radical (unpaired) electrons. The number of H-pyrrole nitrogens is 1. The Bertz CT molecular complexity index is 1580. The van der Waals surface area contributed by atoms with E-state index in [9.17, 15) is 9.59 Å². The number of ketones is 1. The summed E-state index contributed by atoms with van der Waals surface area (Å²) < 4.78 is 5.44. The predicted molar refractivity (Wildman–Crippen MR) is 130 cm³/mol. The van der Waals surface area contributed by atoms with E-state index in [2.05, 4.69) is 35.0 Å². The van der Waals surface area contributed by atoms with Crippen LogP contribution in [0.5, 0.6) is 5.75 Å². The van der Waals surface area contributed by atoms with Gasteiger partial charge in [0, 0.05) is 37.8 Å². The number of nitrogens with zero attached hydrogens (tertiary/aromatic N) is 8. The van der Waals surface area contributed by atoms with E-state index >= 15 is 0 Å². The van der Waals surface area contributed by atoms with Gasteiger partial charge in [0.05, 0.1) is 47.7 Å². The van der Waals surface area contributed by atoms with Gasteiger partial charge in [0.25, 0.3) is 11.7 Å². The van der Waals surface area contributed by atoms with Gasteiger partial charge < -0.3 is 19.5 Å². The van der Waals surface area contributed by atoms with Gasteiger partial charge in [0.1, 0.15) is 17.9 Å². The topological polar surface area (TPSA) is 135 Å². The van der Waals surface area contributed by atoms with Crippen LogP contribution in [0, 0.1) is 0 Å². The summed E-state index contributed by atoms with van der Waals surface area (Å²) >= 11 is 0. The predicted octanol–water partition coefficient (Wildman–Crippen LogP) is 1.63. The molecule has 6 rings (SSSR count). The largest absolute Gasteiger partial charge is 0.494 e. The number of hydrogen-bond donors (Lipinski definition) is 1. The third-order valence-electron chi connectivity index (χ3n) is 6.31. The van der Waals surface area contributed by atoms with E-state index in [-0.39, 0.29) is 5.56 Å². The molecule has 0 aliphatic carbocycles. The molecule has 12 heteroatoms. The SMILES string of the molecule is COc1cnc(-n2nccn2)c2[nH]cc(C(=O)C(=O)N3CCN(c4ncnc5ccccc45)CC3)c12. The van der Waals surface area contributed by atoms with E-state index in [0.29, 0.717) is 48.6 Å². The number of benzene rings is 1. The molecule has 1 amide bonds. The van der Waals surface area contributed by atoms with Gasteiger partial charge in [-0.2, -0.15) is 10.2 Å². The Morgan fingerprint density at radius 2 is 1.75 bits per heavy atom. The van der Waals surface area contributed by atoms with Crippen LogP contribution in [0.1, 0.15) is 10.4 Å². The number of nitrogens with one attached hydrogen (secondary N) is 1. The summed E-state index contributed by atoms with van der Waals surface area (Å²) in [6, 6.07) is 7.81. The Labute approximate surface area is 204 Å². The second kappa shape index (κ2) is 8.73. The summed E-state index contributed by atoms with van der Waals surface area (Å²) in [5.41, 5.74) is 1.58. The lowest BCUT2D eigenvalue weighted by atomic mass is 10.1. The maximum atomic E-state index is 13.4. The lowest BCUT2D eigenvalue weighted by Gasteiger charge is -2.35. The zero-order chi connectivity index (χ0) is 24.6. The minimum Gasteiger partial charge on any atom is -0.494 e. The van der Waals surface area contributed by atoms with Gasteiger partial charge in [-0.3, -0.25) is 9.59 Å². The molecule has 36 heavy (non-hydrogen) atoms. The second-order valence-electron chi connectivity index (χ2n) is 8.24. The number of piperazine rings is 1. The number of amides is 1. The molecule has 1 aliphatic heterocycles. The number of methoxy groups -OCH3 is 1. The molecule has 0 atom stereocenters. The lowest BCUT2D eigenvalue weighted by molar-refractivity contribution is -0.126. The van der Waals surface area contributed by atoms with Crippen molar-refractivity contribution in [3.63, 3.8) is 0 Å². The van der Waals surface area contributed by atoms with Crippen molar-refractivity contribution in [3.8, 4) is 11.6 Å². The molecule has 1 fully saturated rings. The molecule has 4 aromatic heterocycles. The first-order valence-electron chi connectivity index (χ1n) is 11.3. The highest BCUT2D eigenvalue weighted by atomic mass is 16.5. The number of aromatic amines is 1. The molecule has 1 N–H and O–H groups in total. The number of carbonyl (C=O) groups is 2. The number of Topliss-reactive ketones (excluding diaryl/α,β-unsaturated/α-hetero) is 1. The molecule has 180 valence electrons. The number of anilines is 1. The maximum absolute atomic E-state index is 13.4. The number of fused-ring (bicyclic) bond motifs is 2. The van der Waals surface area contributed by atoms with E-state index in [4.69, 9.17) is 4.74 Å². The highest BCUT2D eigenvalue weighted by molar-refractivity contribution is 6.45. The summed E-state index contributed by atoms with van der Waals surface area (Å²) in [6.07, 6.45) is 7.59. The highest BCUT2D eigenvalue weighted by Crippen LogP contribution is 2.32. The number of carbonyl (C=O) groups excluding carboxylic acids is 2. The van der Waals surface area contributed by atoms with Crippen LogP contribution in [-0.2, 0) is 4.79 Å². The van der Waals surface area contributed by atoms with Crippen LogP contribution >= 0.6 is 0 Å². The van der Waals surface area contributed by atoms with Crippen LogP contribution in [-0.4, -0.2) is 84.8 Å². The van der Waals surface area contributed by atoms with Crippen LogP contribution in [0.2, 0.25) is 0 Å². The van der Waals surface area contributed by atoms with E-state index in [1.54, 1.807) is 11.2 Å². The maximum Gasteiger partial charge on any atom is 0.295 e. The van der Waals surface area contributed by atoms with Crippen LogP contribution in [0.3, 0.4) is 0 Å². The van der Waals surface area contributed by atoms with Gasteiger partial charge in [-0.15, -0.1) is 4.80 Å². The molecule has 5 aromatic rings. The Hall–Kier alpha value is -4.87. The number of pyridine rings is 1. The molecule has 12 nitrogen and oxygen atoms in total. The molecular formula is C24H21N9O3. The van der Waals surface area contributed by atoms with Crippen molar-refractivity contribution in [2.24, 2.45) is 0 Å². The van der Waals surface area contributed by atoms with Crippen LogP contribution in [0.25, 0.3) is 27.6 Å². The lowest BCUT2D eigenvalue weighted by Crippen LogP contribution is -2.51. The van der Waals surface area contributed by atoms with E-state index < -0.39 is 11.7 Å². The molecule has 0 bridgehead atoms. The Morgan fingerprint density at radius 1 is 0.972 bits per heavy atom. The quantitative estimate of drug-likeness (QED) is 0.292. The van der Waals surface area contributed by atoms with Gasteiger partial charge in [0.15, 0.2) is 5.82 Å². The summed E-state index contributed by atoms with van der Waals surface area (Å²) in [6.45, 7) is 1.89. The molecule has 1 saturated heterocycles. The first-order chi connectivity index (χ1) is 17.7. The second-order valence-corrected chi connectivity index (χ2v) is 8.24. The van der Waals surface area contributed by atoms with Crippen molar-refractivity contribution in [2.45, 2.75) is 0 Å². The standard InChI is InChI=1S/C24H21N9O3/c1-36-18-13-26-23(33-29-6-7-30-33)20-19(18)16(12-25-20)21(34)24(35)32-10-8-31(9-11-32)22-15-4-2-3-5-17(15)27-14-28-22/h2-7,12-14,25H,8-11H2,1H3. The highest BCUT2D eigenvalue weighted by Gasteiger charge is 2.31. The van der Waals surface area contributed by atoms with Crippen molar-refractivity contribution in [1.82, 2.24) is 39.8 Å². The van der Waals surface area contributed by atoms with Crippen molar-refractivity contribution in [2.75, 3.05) is 38.2 Å². The van der Waals surface area contributed by atoms with Crippen molar-refractivity contribution in [3.05, 3.63) is 60.9 Å². The van der Waals surface area contributed by atoms with Gasteiger partial charge in [-0.05, 0) is 12.1 Å². The summed E-state index contributed by atoms with van der Waals surface area (Å²) in [5, 5.41) is 9.65. The molecular weight excluding hydrogens is 462 g/mol. The fourth-order valence-corrected chi connectivity index (χ4v) is 4.54. The summed E-state index contributed by atoms with van der Waals surface area (Å²) in [5.74, 6) is 0.409. The third-order valence-corrected chi connectivity index (χ3v) is 6.31. The zero-order valence-corrected chi connectivity index (χ0v) is 19.3. The molecule has 0 spiro atoms. The van der Waals surface area contributed by atoms with E-state index in [1.807, 2.05) is 24.3 Å². The van der Waals surface area contributed by atoms with Crippen LogP contribution < -0.4 is 9.64 Å². The Kier molecular flexibility index (Phi) is 5.25. The van der Waals surface area contributed by atoms with Crippen LogP contribution in [0.4, 0.5) is 5.82 Å². The van der Waals surface area contributed by atoms with Gasteiger partial charge in [0.2, 0.25) is 0 Å². The Morgan fingerprint density at radius 3 is 2.53 bits per heavy atom. The third kappa shape index (κ3) is 3.50. The smallest absolute Gasteiger partial charge is 0.295 e. The number of hydrogen-bond acceptors (Lipinski definition) is 9. The number of rotatable bonds is 5. The number of para-hydroxylation sites is 1. The zero-order valence-electron chi connectivity index (χ0n) is 19.3. The molecule has 5 heterocycles. The monoisotopic (exact) mass is 483 g/mol. The minimum atomic E-state index is -0.619. The van der Waals surface area contributed by atoms with Crippen LogP contribution in [0.15, 0.2) is 55.4 Å². The summed E-state index contributed by atoms with van der Waals surface area (Å²) in [7, 11) is 1.49. The average Bonchev–Trinajstić information content (AvgIpc) is 3.63. The first-order valence-corrected chi connectivity index (χ1v) is 11.3. The molecule has 1 aromatic carbocycles. The van der Waals surface area contributed by atoms with Crippen molar-refractivity contribution >= 4 is 39.3 Å². The molecule has 0 saturated carbocycles. The van der Waals surface area contributed by atoms with E-state index in [1.165, 1.54) is 36.7 Å². The number of ether oxygens (including phenoxy) is 1. The van der Waals surface area contributed by atoms with Gasteiger partial charge in [-0.1, -0.05) is 12.1 Å².